The van der Waals surface area contributed by atoms with Crippen LogP contribution in [-0.4, -0.2) is 43.1 Å². The maximum Gasteiger partial charge on any atom is 0.338 e. The molecule has 9 heteroatoms. The van der Waals surface area contributed by atoms with Gasteiger partial charge in [0.2, 0.25) is 0 Å². The van der Waals surface area contributed by atoms with Crippen molar-refractivity contribution in [1.82, 2.24) is 10.9 Å². The molecular weight excluding hydrogens is 422 g/mol. The number of hydrogen-bond donors (Lipinski definition) is 4. The fraction of sp³-hybridized carbons (Fsp3) is 0.625. The minimum Gasteiger partial charge on any atom is -0.462 e. The summed E-state index contributed by atoms with van der Waals surface area (Å²) < 4.78 is 10.9. The normalized spacial score (nSPS) is 26.1. The van der Waals surface area contributed by atoms with Crippen molar-refractivity contribution in [2.45, 2.75) is 64.0 Å². The molecule has 0 radical (unpaired) electrons. The average molecular weight is 460 g/mol. The van der Waals surface area contributed by atoms with Gasteiger partial charge in [-0.25, -0.2) is 16.2 Å². The molecule has 5 unspecified atom stereocenters. The van der Waals surface area contributed by atoms with Gasteiger partial charge in [-0.1, -0.05) is 24.6 Å². The first-order chi connectivity index (χ1) is 16.0. The zero-order valence-corrected chi connectivity index (χ0v) is 19.4. The highest BCUT2D eigenvalue weighted by Gasteiger charge is 2.38. The second kappa shape index (κ2) is 12.6. The van der Waals surface area contributed by atoms with E-state index in [1.54, 1.807) is 24.3 Å². The molecule has 182 valence electrons. The van der Waals surface area contributed by atoms with Crippen molar-refractivity contribution in [3.8, 4) is 0 Å². The Hall–Kier alpha value is -2.65. The van der Waals surface area contributed by atoms with Gasteiger partial charge in [-0.3, -0.25) is 4.79 Å². The number of nitrogens with one attached hydrogen (secondary N) is 2. The lowest BCUT2D eigenvalue weighted by Gasteiger charge is -2.42. The number of hydrazine groups is 1. The van der Waals surface area contributed by atoms with Gasteiger partial charge in [-0.15, -0.1) is 0 Å². The summed E-state index contributed by atoms with van der Waals surface area (Å²) in [6.07, 6.45) is 6.10. The van der Waals surface area contributed by atoms with Crippen LogP contribution < -0.4 is 22.4 Å². The van der Waals surface area contributed by atoms with E-state index in [0.29, 0.717) is 35.6 Å². The van der Waals surface area contributed by atoms with Crippen LogP contribution in [0.15, 0.2) is 35.4 Å². The van der Waals surface area contributed by atoms with Crippen LogP contribution in [-0.2, 0) is 14.3 Å². The molecule has 0 bridgehead atoms. The Morgan fingerprint density at radius 1 is 1.21 bits per heavy atom. The molecule has 5 atom stereocenters. The third-order valence-electron chi connectivity index (χ3n) is 6.80. The number of rotatable bonds is 10. The highest BCUT2D eigenvalue weighted by Crippen LogP contribution is 2.40. The molecule has 0 amide bonds. The van der Waals surface area contributed by atoms with Gasteiger partial charge < -0.3 is 20.5 Å². The Bertz CT molecular complexity index is 803. The van der Waals surface area contributed by atoms with Crippen LogP contribution in [0.3, 0.4) is 0 Å². The number of carbonyl (C=O) groups is 2. The molecule has 1 heterocycles. The fourth-order valence-corrected chi connectivity index (χ4v) is 4.91. The lowest BCUT2D eigenvalue weighted by Crippen LogP contribution is -2.50. The summed E-state index contributed by atoms with van der Waals surface area (Å²) in [5.41, 5.74) is 8.58. The van der Waals surface area contributed by atoms with Gasteiger partial charge in [0.15, 0.2) is 0 Å². The number of esters is 2. The number of benzene rings is 1. The molecule has 1 aliphatic carbocycles. The topological polar surface area (TPSA) is 141 Å². The predicted octanol–water partition coefficient (Wildman–Crippen LogP) is 2.08. The predicted molar refractivity (Wildman–Crippen MR) is 126 cm³/mol. The van der Waals surface area contributed by atoms with Crippen LogP contribution in [0.1, 0.15) is 62.2 Å². The first kappa shape index (κ1) is 25.0. The molecule has 0 spiro atoms. The zero-order chi connectivity index (χ0) is 23.6. The van der Waals surface area contributed by atoms with Crippen molar-refractivity contribution >= 4 is 17.8 Å². The number of fused-ring (bicyclic) bond motifs is 1. The van der Waals surface area contributed by atoms with Gasteiger partial charge in [0, 0.05) is 12.8 Å². The SMILES string of the molecule is CC(CCOC(=O)c1ccccc1)OC(=O)C1CC2CC(CC/C(N)=N/NN)CCC2CN1. The minimum absolute atomic E-state index is 0.207. The van der Waals surface area contributed by atoms with E-state index < -0.39 is 0 Å². The third-order valence-corrected chi connectivity index (χ3v) is 6.80. The number of nitrogens with two attached hydrogens (primary N) is 2. The summed E-state index contributed by atoms with van der Waals surface area (Å²) in [7, 11) is 0. The van der Waals surface area contributed by atoms with Crippen molar-refractivity contribution in [1.29, 1.82) is 0 Å². The van der Waals surface area contributed by atoms with Gasteiger partial charge >= 0.3 is 11.9 Å². The van der Waals surface area contributed by atoms with Crippen molar-refractivity contribution in [3.63, 3.8) is 0 Å². The third kappa shape index (κ3) is 7.71. The number of hydrazone groups is 1. The van der Waals surface area contributed by atoms with Crippen molar-refractivity contribution in [2.24, 2.45) is 34.4 Å². The average Bonchev–Trinajstić information content (AvgIpc) is 2.82. The Morgan fingerprint density at radius 3 is 2.76 bits per heavy atom. The second-order valence-corrected chi connectivity index (χ2v) is 9.20. The number of carbonyl (C=O) groups excluding carboxylic acids is 2. The summed E-state index contributed by atoms with van der Waals surface area (Å²) in [5.74, 6) is 6.82. The molecule has 9 nitrogen and oxygen atoms in total. The van der Waals surface area contributed by atoms with Crippen LogP contribution in [0.5, 0.6) is 0 Å². The Labute approximate surface area is 195 Å². The molecule has 2 fully saturated rings. The maximum atomic E-state index is 12.7. The number of piperidine rings is 1. The smallest absolute Gasteiger partial charge is 0.338 e. The van der Waals surface area contributed by atoms with Crippen LogP contribution in [0.25, 0.3) is 0 Å². The number of nitrogens with zero attached hydrogens (tertiary/aromatic N) is 1. The molecular formula is C24H37N5O4. The fourth-order valence-electron chi connectivity index (χ4n) is 4.91. The Kier molecular flexibility index (Phi) is 9.50. The van der Waals surface area contributed by atoms with Gasteiger partial charge in [-0.05, 0) is 69.0 Å². The largest absolute Gasteiger partial charge is 0.462 e. The van der Waals surface area contributed by atoms with E-state index in [0.717, 1.165) is 32.2 Å². The Balaban J connectivity index is 1.38. The van der Waals surface area contributed by atoms with E-state index in [2.05, 4.69) is 16.0 Å². The van der Waals surface area contributed by atoms with Crippen LogP contribution in [0, 0.1) is 17.8 Å². The summed E-state index contributed by atoms with van der Waals surface area (Å²) in [6.45, 7) is 2.89. The minimum atomic E-state index is -0.367. The number of hydrogen-bond acceptors (Lipinski definition) is 8. The zero-order valence-electron chi connectivity index (χ0n) is 19.4. The maximum absolute atomic E-state index is 12.7. The standard InChI is InChI=1S/C24H37N5O4/c1-16(11-12-32-23(30)18-5-3-2-4-6-18)33-24(31)21-14-20-13-17(7-9-19(20)15-27-21)8-10-22(25)28-29-26/h2-6,16-17,19-21,27,29H,7-15,26H2,1H3,(H2,25,28). The number of amidine groups is 1. The first-order valence-electron chi connectivity index (χ1n) is 11.9. The van der Waals surface area contributed by atoms with Crippen molar-refractivity contribution < 1.29 is 19.1 Å². The summed E-state index contributed by atoms with van der Waals surface area (Å²) in [6, 6.07) is 8.57. The molecule has 6 N–H and O–H groups in total. The van der Waals surface area contributed by atoms with Gasteiger partial charge in [-0.2, -0.15) is 5.10 Å². The lowest BCUT2D eigenvalue weighted by atomic mass is 9.69. The van der Waals surface area contributed by atoms with Crippen molar-refractivity contribution in [2.75, 3.05) is 13.2 Å². The quantitative estimate of drug-likeness (QED) is 0.137. The van der Waals surface area contributed by atoms with E-state index in [1.807, 2.05) is 13.0 Å². The van der Waals surface area contributed by atoms with Crippen molar-refractivity contribution in [3.05, 3.63) is 35.9 Å². The van der Waals surface area contributed by atoms with Gasteiger partial charge in [0.05, 0.1) is 12.2 Å². The summed E-state index contributed by atoms with van der Waals surface area (Å²) >= 11 is 0. The van der Waals surface area contributed by atoms with Crippen LogP contribution >= 0.6 is 0 Å². The lowest BCUT2D eigenvalue weighted by molar-refractivity contribution is -0.153. The monoisotopic (exact) mass is 459 g/mol. The molecule has 1 aromatic carbocycles. The van der Waals surface area contributed by atoms with Crippen LogP contribution in [0.2, 0.25) is 0 Å². The molecule has 2 aliphatic rings. The van der Waals surface area contributed by atoms with Gasteiger partial charge in [0.25, 0.3) is 0 Å². The first-order valence-corrected chi connectivity index (χ1v) is 11.9. The molecule has 1 aromatic rings. The highest BCUT2D eigenvalue weighted by atomic mass is 16.6. The molecule has 3 rings (SSSR count). The van der Waals surface area contributed by atoms with E-state index >= 15 is 0 Å². The Morgan fingerprint density at radius 2 is 2.00 bits per heavy atom. The number of ether oxygens (including phenoxy) is 2. The molecule has 0 aromatic heterocycles. The molecule has 33 heavy (non-hydrogen) atoms. The summed E-state index contributed by atoms with van der Waals surface area (Å²) in [5, 5.41) is 7.20. The van der Waals surface area contributed by atoms with Gasteiger partial charge in [0.1, 0.15) is 18.0 Å². The molecule has 1 saturated heterocycles. The van der Waals surface area contributed by atoms with Crippen LogP contribution in [0.4, 0.5) is 0 Å². The summed E-state index contributed by atoms with van der Waals surface area (Å²) in [4.78, 5) is 24.7. The highest BCUT2D eigenvalue weighted by molar-refractivity contribution is 5.89. The second-order valence-electron chi connectivity index (χ2n) is 9.20. The van der Waals surface area contributed by atoms with E-state index in [9.17, 15) is 9.59 Å². The molecule has 1 aliphatic heterocycles. The van der Waals surface area contributed by atoms with E-state index in [4.69, 9.17) is 21.1 Å². The van der Waals surface area contributed by atoms with E-state index in [1.165, 1.54) is 12.8 Å². The van der Waals surface area contributed by atoms with E-state index in [-0.39, 0.29) is 30.7 Å². The molecule has 1 saturated carbocycles.